The van der Waals surface area contributed by atoms with Crippen molar-refractivity contribution in [3.05, 3.63) is 59.7 Å². The fourth-order valence-electron chi connectivity index (χ4n) is 2.47. The summed E-state index contributed by atoms with van der Waals surface area (Å²) in [5, 5.41) is 11.3. The highest BCUT2D eigenvalue weighted by molar-refractivity contribution is 6.15. The number of hydrogen-bond donors (Lipinski definition) is 1. The van der Waals surface area contributed by atoms with Gasteiger partial charge in [0.2, 0.25) is 0 Å². The molecule has 0 unspecified atom stereocenters. The highest BCUT2D eigenvalue weighted by Crippen LogP contribution is 2.34. The molecular formula is C16H9F3O2. The Morgan fingerprint density at radius 3 is 2.19 bits per heavy atom. The van der Waals surface area contributed by atoms with Crippen LogP contribution in [-0.4, -0.2) is 11.1 Å². The van der Waals surface area contributed by atoms with Gasteiger partial charge in [0.25, 0.3) is 0 Å². The fourth-order valence-corrected chi connectivity index (χ4v) is 2.47. The summed E-state index contributed by atoms with van der Waals surface area (Å²) in [5.74, 6) is -1.16. The molecule has 0 aliphatic carbocycles. The fraction of sp³-hybridized carbons (Fsp3) is 0.0625. The lowest BCUT2D eigenvalue weighted by atomic mass is 9.96. The molecule has 5 heteroatoms. The molecule has 0 aromatic heterocycles. The normalized spacial score (nSPS) is 12.0. The van der Waals surface area contributed by atoms with Crippen molar-refractivity contribution in [2.75, 3.05) is 0 Å². The standard InChI is InChI=1S/C16H9F3O2/c17-16(18,19)10-5-6-11-9(7-10)8-14(15(20)21)13-4-2-1-3-12(11)13/h1-8H,(H,20,21). The van der Waals surface area contributed by atoms with Crippen molar-refractivity contribution in [1.29, 1.82) is 0 Å². The van der Waals surface area contributed by atoms with Gasteiger partial charge < -0.3 is 5.11 Å². The van der Waals surface area contributed by atoms with E-state index in [4.69, 9.17) is 0 Å². The van der Waals surface area contributed by atoms with Gasteiger partial charge >= 0.3 is 12.1 Å². The summed E-state index contributed by atoms with van der Waals surface area (Å²) in [6.07, 6.45) is -4.46. The molecular weight excluding hydrogens is 281 g/mol. The Labute approximate surface area is 117 Å². The molecule has 2 nitrogen and oxygen atoms in total. The van der Waals surface area contributed by atoms with E-state index >= 15 is 0 Å². The molecule has 0 aliphatic heterocycles. The second kappa shape index (κ2) is 4.48. The molecule has 3 aromatic carbocycles. The SMILES string of the molecule is O=C(O)c1cc2cc(C(F)(F)F)ccc2c2ccccc12. The van der Waals surface area contributed by atoms with Crippen LogP contribution in [0.1, 0.15) is 15.9 Å². The Morgan fingerprint density at radius 1 is 0.905 bits per heavy atom. The van der Waals surface area contributed by atoms with Crippen LogP contribution in [0.15, 0.2) is 48.5 Å². The summed E-state index contributed by atoms with van der Waals surface area (Å²) in [4.78, 5) is 11.3. The minimum absolute atomic E-state index is 0.00238. The summed E-state index contributed by atoms with van der Waals surface area (Å²) in [6.45, 7) is 0. The molecule has 0 spiro atoms. The number of benzene rings is 3. The van der Waals surface area contributed by atoms with Gasteiger partial charge in [0, 0.05) is 0 Å². The monoisotopic (exact) mass is 290 g/mol. The van der Waals surface area contributed by atoms with E-state index in [1.165, 1.54) is 12.1 Å². The number of carboxylic acids is 1. The summed E-state index contributed by atoms with van der Waals surface area (Å²) in [5.41, 5.74) is -0.793. The van der Waals surface area contributed by atoms with E-state index in [9.17, 15) is 23.1 Å². The first kappa shape index (κ1) is 13.4. The average Bonchev–Trinajstić information content (AvgIpc) is 2.44. The second-order valence-corrected chi connectivity index (χ2v) is 4.71. The van der Waals surface area contributed by atoms with Crippen molar-refractivity contribution in [3.8, 4) is 0 Å². The maximum absolute atomic E-state index is 12.8. The number of fused-ring (bicyclic) bond motifs is 3. The third-order valence-electron chi connectivity index (χ3n) is 3.42. The van der Waals surface area contributed by atoms with E-state index in [-0.39, 0.29) is 10.9 Å². The van der Waals surface area contributed by atoms with Gasteiger partial charge in [-0.25, -0.2) is 4.79 Å². The summed E-state index contributed by atoms with van der Waals surface area (Å²) >= 11 is 0. The maximum Gasteiger partial charge on any atom is 0.416 e. The molecule has 0 saturated heterocycles. The van der Waals surface area contributed by atoms with Gasteiger partial charge in [0.15, 0.2) is 0 Å². The zero-order chi connectivity index (χ0) is 15.2. The van der Waals surface area contributed by atoms with Gasteiger partial charge in [-0.05, 0) is 39.7 Å². The van der Waals surface area contributed by atoms with E-state index in [1.807, 2.05) is 0 Å². The zero-order valence-electron chi connectivity index (χ0n) is 10.6. The molecule has 3 aromatic rings. The third kappa shape index (κ3) is 2.20. The van der Waals surface area contributed by atoms with Crippen LogP contribution in [0.4, 0.5) is 13.2 Å². The van der Waals surface area contributed by atoms with Crippen molar-refractivity contribution in [1.82, 2.24) is 0 Å². The number of carbonyl (C=O) groups is 1. The number of hydrogen-bond acceptors (Lipinski definition) is 1. The van der Waals surface area contributed by atoms with Crippen molar-refractivity contribution in [2.24, 2.45) is 0 Å². The number of aromatic carboxylic acids is 1. The largest absolute Gasteiger partial charge is 0.478 e. The molecule has 0 bridgehead atoms. The highest BCUT2D eigenvalue weighted by Gasteiger charge is 2.30. The number of halogens is 3. The maximum atomic E-state index is 12.8. The lowest BCUT2D eigenvalue weighted by molar-refractivity contribution is -0.137. The van der Waals surface area contributed by atoms with Crippen LogP contribution >= 0.6 is 0 Å². The van der Waals surface area contributed by atoms with Crippen molar-refractivity contribution < 1.29 is 23.1 Å². The summed E-state index contributed by atoms with van der Waals surface area (Å²) in [6, 6.07) is 11.4. The van der Waals surface area contributed by atoms with Crippen LogP contribution in [-0.2, 0) is 6.18 Å². The first-order chi connectivity index (χ1) is 9.88. The Kier molecular flexibility index (Phi) is 2.86. The molecule has 0 atom stereocenters. The van der Waals surface area contributed by atoms with Gasteiger partial charge in [-0.3, -0.25) is 0 Å². The highest BCUT2D eigenvalue weighted by atomic mass is 19.4. The quantitative estimate of drug-likeness (QED) is 0.659. The Morgan fingerprint density at radius 2 is 1.57 bits per heavy atom. The lowest BCUT2D eigenvalue weighted by Gasteiger charge is -2.11. The van der Waals surface area contributed by atoms with Gasteiger partial charge in [0.1, 0.15) is 0 Å². The number of rotatable bonds is 1. The first-order valence-corrected chi connectivity index (χ1v) is 6.14. The van der Waals surface area contributed by atoms with Crippen molar-refractivity contribution in [2.45, 2.75) is 6.18 Å². The van der Waals surface area contributed by atoms with Crippen LogP contribution in [0.25, 0.3) is 21.5 Å². The predicted molar refractivity (Wildman–Crippen MR) is 73.4 cm³/mol. The molecule has 106 valence electrons. The van der Waals surface area contributed by atoms with Crippen LogP contribution in [0.5, 0.6) is 0 Å². The van der Waals surface area contributed by atoms with E-state index in [2.05, 4.69) is 0 Å². The van der Waals surface area contributed by atoms with Gasteiger partial charge in [-0.2, -0.15) is 13.2 Å². The van der Waals surface area contributed by atoms with Crippen LogP contribution in [0, 0.1) is 0 Å². The van der Waals surface area contributed by atoms with E-state index in [0.29, 0.717) is 16.2 Å². The van der Waals surface area contributed by atoms with Gasteiger partial charge in [0.05, 0.1) is 11.1 Å². The smallest absolute Gasteiger partial charge is 0.416 e. The lowest BCUT2D eigenvalue weighted by Crippen LogP contribution is -2.05. The number of alkyl halides is 3. The topological polar surface area (TPSA) is 37.3 Å². The summed E-state index contributed by atoms with van der Waals surface area (Å²) in [7, 11) is 0. The number of carboxylic acid groups (broad SMARTS) is 1. The van der Waals surface area contributed by atoms with Crippen LogP contribution in [0.2, 0.25) is 0 Å². The van der Waals surface area contributed by atoms with Gasteiger partial charge in [-0.15, -0.1) is 0 Å². The molecule has 0 saturated carbocycles. The average molecular weight is 290 g/mol. The second-order valence-electron chi connectivity index (χ2n) is 4.71. The van der Waals surface area contributed by atoms with Crippen LogP contribution < -0.4 is 0 Å². The van der Waals surface area contributed by atoms with Crippen LogP contribution in [0.3, 0.4) is 0 Å². The molecule has 0 fully saturated rings. The molecule has 0 heterocycles. The minimum atomic E-state index is -4.46. The van der Waals surface area contributed by atoms with E-state index in [0.717, 1.165) is 12.1 Å². The molecule has 21 heavy (non-hydrogen) atoms. The molecule has 0 aliphatic rings. The molecule has 0 radical (unpaired) electrons. The first-order valence-electron chi connectivity index (χ1n) is 6.14. The predicted octanol–water partition coefficient (Wildman–Crippen LogP) is 4.71. The zero-order valence-corrected chi connectivity index (χ0v) is 10.6. The Bertz CT molecular complexity index is 866. The summed E-state index contributed by atoms with van der Waals surface area (Å²) < 4.78 is 38.3. The Balaban J connectivity index is 2.44. The molecule has 3 rings (SSSR count). The minimum Gasteiger partial charge on any atom is -0.478 e. The van der Waals surface area contributed by atoms with Gasteiger partial charge in [-0.1, -0.05) is 30.3 Å². The van der Waals surface area contributed by atoms with E-state index in [1.54, 1.807) is 24.3 Å². The molecule has 1 N–H and O–H groups in total. The van der Waals surface area contributed by atoms with Crippen molar-refractivity contribution in [3.63, 3.8) is 0 Å². The van der Waals surface area contributed by atoms with E-state index < -0.39 is 17.7 Å². The molecule has 0 amide bonds. The third-order valence-corrected chi connectivity index (χ3v) is 3.42. The Hall–Kier alpha value is -2.56. The van der Waals surface area contributed by atoms with Crippen molar-refractivity contribution >= 4 is 27.5 Å².